The number of nitrogens with one attached hydrogen (secondary N) is 1. The van der Waals surface area contributed by atoms with Gasteiger partial charge in [-0.15, -0.1) is 0 Å². The van der Waals surface area contributed by atoms with Crippen molar-refractivity contribution < 1.29 is 4.79 Å². The largest absolute Gasteiger partial charge is 0.355 e. The first-order valence-corrected chi connectivity index (χ1v) is 8.53. The summed E-state index contributed by atoms with van der Waals surface area (Å²) >= 11 is 2.32. The molecule has 0 aliphatic carbocycles. The third kappa shape index (κ3) is 11.3. The Bertz CT molecular complexity index is 220. The van der Waals surface area contributed by atoms with E-state index in [-0.39, 0.29) is 5.91 Å². The first kappa shape index (κ1) is 18.2. The van der Waals surface area contributed by atoms with E-state index < -0.39 is 0 Å². The Morgan fingerprint density at radius 3 is 2.33 bits per heavy atom. The molecular weight excluding hydrogens is 339 g/mol. The molecular formula is C14H29IN2O. The predicted octanol–water partition coefficient (Wildman–Crippen LogP) is 3.28. The fraction of sp³-hybridized carbons (Fsp3) is 0.929. The summed E-state index contributed by atoms with van der Waals surface area (Å²) in [6, 6.07) is 0. The van der Waals surface area contributed by atoms with Gasteiger partial charge in [-0.25, -0.2) is 0 Å². The third-order valence-electron chi connectivity index (χ3n) is 2.69. The highest BCUT2D eigenvalue weighted by Gasteiger charge is 2.10. The van der Waals surface area contributed by atoms with E-state index in [9.17, 15) is 4.79 Å². The lowest BCUT2D eigenvalue weighted by atomic mass is 10.1. The van der Waals surface area contributed by atoms with Crippen molar-refractivity contribution in [1.29, 1.82) is 0 Å². The van der Waals surface area contributed by atoms with Crippen molar-refractivity contribution in [3.8, 4) is 0 Å². The summed E-state index contributed by atoms with van der Waals surface area (Å²) in [4.78, 5) is 13.9. The SMILES string of the molecule is CC(C)CCCCNC(=O)CN(CI)CC(C)C. The van der Waals surface area contributed by atoms with E-state index in [0.717, 1.165) is 30.0 Å². The summed E-state index contributed by atoms with van der Waals surface area (Å²) in [7, 11) is 0. The number of hydrogen-bond acceptors (Lipinski definition) is 2. The second kappa shape index (κ2) is 11.0. The van der Waals surface area contributed by atoms with Crippen LogP contribution in [-0.2, 0) is 4.79 Å². The zero-order valence-electron chi connectivity index (χ0n) is 12.3. The zero-order valence-corrected chi connectivity index (χ0v) is 14.5. The molecule has 4 heteroatoms. The number of halogens is 1. The molecule has 0 saturated heterocycles. The van der Waals surface area contributed by atoms with Gasteiger partial charge in [0.2, 0.25) is 5.91 Å². The Balaban J connectivity index is 3.62. The minimum atomic E-state index is 0.164. The van der Waals surface area contributed by atoms with E-state index in [0.29, 0.717) is 12.5 Å². The molecule has 0 aromatic carbocycles. The van der Waals surface area contributed by atoms with Gasteiger partial charge in [0.15, 0.2) is 0 Å². The minimum absolute atomic E-state index is 0.164. The molecule has 0 fully saturated rings. The van der Waals surface area contributed by atoms with Crippen LogP contribution in [0.1, 0.15) is 47.0 Å². The van der Waals surface area contributed by atoms with Gasteiger partial charge in [-0.2, -0.15) is 0 Å². The van der Waals surface area contributed by atoms with E-state index in [1.165, 1.54) is 12.8 Å². The highest BCUT2D eigenvalue weighted by molar-refractivity contribution is 14.1. The maximum atomic E-state index is 11.7. The second-order valence-electron chi connectivity index (χ2n) is 5.76. The number of alkyl halides is 1. The summed E-state index contributed by atoms with van der Waals surface area (Å²) in [5.74, 6) is 1.54. The van der Waals surface area contributed by atoms with Crippen molar-refractivity contribution in [2.24, 2.45) is 11.8 Å². The maximum absolute atomic E-state index is 11.7. The smallest absolute Gasteiger partial charge is 0.234 e. The summed E-state index contributed by atoms with van der Waals surface area (Å²) < 4.78 is 0.913. The van der Waals surface area contributed by atoms with Gasteiger partial charge in [0.25, 0.3) is 0 Å². The van der Waals surface area contributed by atoms with E-state index in [4.69, 9.17) is 0 Å². The molecule has 0 aliphatic heterocycles. The average Bonchev–Trinajstić information content (AvgIpc) is 2.26. The molecule has 0 aliphatic rings. The number of rotatable bonds is 10. The summed E-state index contributed by atoms with van der Waals surface area (Å²) in [5.41, 5.74) is 0. The molecule has 0 heterocycles. The number of hydrogen-bond donors (Lipinski definition) is 1. The summed E-state index contributed by atoms with van der Waals surface area (Å²) in [5, 5.41) is 3.01. The van der Waals surface area contributed by atoms with Crippen molar-refractivity contribution in [1.82, 2.24) is 10.2 Å². The highest BCUT2D eigenvalue weighted by Crippen LogP contribution is 2.05. The highest BCUT2D eigenvalue weighted by atomic mass is 127. The maximum Gasteiger partial charge on any atom is 0.234 e. The van der Waals surface area contributed by atoms with Crippen LogP contribution >= 0.6 is 22.6 Å². The van der Waals surface area contributed by atoms with Gasteiger partial charge in [-0.3, -0.25) is 9.69 Å². The van der Waals surface area contributed by atoms with Crippen molar-refractivity contribution >= 4 is 28.5 Å². The Morgan fingerprint density at radius 2 is 1.83 bits per heavy atom. The van der Waals surface area contributed by atoms with Crippen LogP contribution in [0.25, 0.3) is 0 Å². The molecule has 108 valence electrons. The summed E-state index contributed by atoms with van der Waals surface area (Å²) in [6.45, 7) is 11.2. The number of amides is 1. The quantitative estimate of drug-likeness (QED) is 0.278. The van der Waals surface area contributed by atoms with Gasteiger partial charge in [0.1, 0.15) is 0 Å². The van der Waals surface area contributed by atoms with Gasteiger partial charge in [0, 0.05) is 13.1 Å². The van der Waals surface area contributed by atoms with Crippen LogP contribution in [0.4, 0.5) is 0 Å². The molecule has 0 aromatic heterocycles. The lowest BCUT2D eigenvalue weighted by Gasteiger charge is -2.20. The molecule has 0 unspecified atom stereocenters. The number of carbonyl (C=O) groups excluding carboxylic acids is 1. The van der Waals surface area contributed by atoms with Gasteiger partial charge in [-0.05, 0) is 18.3 Å². The van der Waals surface area contributed by atoms with Crippen LogP contribution in [0.15, 0.2) is 0 Å². The van der Waals surface area contributed by atoms with E-state index in [2.05, 4.69) is 60.5 Å². The molecule has 1 amide bonds. The number of carbonyl (C=O) groups is 1. The third-order valence-corrected chi connectivity index (χ3v) is 3.65. The molecule has 0 radical (unpaired) electrons. The molecule has 3 nitrogen and oxygen atoms in total. The van der Waals surface area contributed by atoms with Crippen LogP contribution in [0.3, 0.4) is 0 Å². The van der Waals surface area contributed by atoms with Crippen molar-refractivity contribution in [3.63, 3.8) is 0 Å². The molecule has 0 saturated carbocycles. The van der Waals surface area contributed by atoms with E-state index in [1.54, 1.807) is 0 Å². The lowest BCUT2D eigenvalue weighted by Crippen LogP contribution is -2.38. The molecule has 0 rings (SSSR count). The van der Waals surface area contributed by atoms with E-state index in [1.807, 2.05) is 0 Å². The normalized spacial score (nSPS) is 11.6. The van der Waals surface area contributed by atoms with Crippen LogP contribution in [0.5, 0.6) is 0 Å². The molecule has 0 aromatic rings. The standard InChI is InChI=1S/C14H29IN2O/c1-12(2)7-5-6-8-16-14(18)10-17(11-15)9-13(3)4/h12-13H,5-11H2,1-4H3,(H,16,18). The summed E-state index contributed by atoms with van der Waals surface area (Å²) in [6.07, 6.45) is 3.56. The number of unbranched alkanes of at least 4 members (excludes halogenated alkanes) is 1. The minimum Gasteiger partial charge on any atom is -0.355 e. The lowest BCUT2D eigenvalue weighted by molar-refractivity contribution is -0.122. The van der Waals surface area contributed by atoms with Crippen LogP contribution in [0.2, 0.25) is 0 Å². The van der Waals surface area contributed by atoms with Crippen LogP contribution < -0.4 is 5.32 Å². The van der Waals surface area contributed by atoms with Gasteiger partial charge in [-0.1, -0.05) is 63.1 Å². The topological polar surface area (TPSA) is 32.3 Å². The first-order valence-electron chi connectivity index (χ1n) is 7.00. The first-order chi connectivity index (χ1) is 8.45. The van der Waals surface area contributed by atoms with Crippen LogP contribution in [0, 0.1) is 11.8 Å². The van der Waals surface area contributed by atoms with Gasteiger partial charge in [0.05, 0.1) is 11.1 Å². The molecule has 1 N–H and O–H groups in total. The van der Waals surface area contributed by atoms with Crippen molar-refractivity contribution in [2.75, 3.05) is 24.2 Å². The Kier molecular flexibility index (Phi) is 11.1. The van der Waals surface area contributed by atoms with Gasteiger partial charge < -0.3 is 5.32 Å². The second-order valence-corrected chi connectivity index (χ2v) is 6.45. The Morgan fingerprint density at radius 1 is 1.17 bits per heavy atom. The monoisotopic (exact) mass is 368 g/mol. The molecule has 0 spiro atoms. The Labute approximate surface area is 126 Å². The molecule has 0 bridgehead atoms. The van der Waals surface area contributed by atoms with E-state index >= 15 is 0 Å². The Hall–Kier alpha value is 0.160. The zero-order chi connectivity index (χ0) is 14.0. The number of nitrogens with zero attached hydrogens (tertiary/aromatic N) is 1. The molecule has 18 heavy (non-hydrogen) atoms. The van der Waals surface area contributed by atoms with Crippen molar-refractivity contribution in [3.05, 3.63) is 0 Å². The van der Waals surface area contributed by atoms with Crippen molar-refractivity contribution in [2.45, 2.75) is 47.0 Å². The predicted molar refractivity (Wildman–Crippen MR) is 87.0 cm³/mol. The van der Waals surface area contributed by atoms with Gasteiger partial charge >= 0.3 is 0 Å². The van der Waals surface area contributed by atoms with Crippen LogP contribution in [-0.4, -0.2) is 35.0 Å². The fourth-order valence-corrected chi connectivity index (χ4v) is 2.36. The fourth-order valence-electron chi connectivity index (χ4n) is 1.84. The average molecular weight is 368 g/mol. The molecule has 0 atom stereocenters.